The molecule has 0 bridgehead atoms. The van der Waals surface area contributed by atoms with Crippen molar-refractivity contribution in [1.29, 1.82) is 5.41 Å². The Hall–Kier alpha value is -2.84. The Labute approximate surface area is 170 Å². The molecule has 154 valence electrons. The SMILES string of the molecule is C[C@@H](O)CNC(=O)c1ccc(/C(=C/C(=N)C(F)(F)F)Nc2ccccc2Cl)cc1. The maximum absolute atomic E-state index is 12.9. The van der Waals surface area contributed by atoms with Gasteiger partial charge in [0.2, 0.25) is 0 Å². The number of alkyl halides is 3. The summed E-state index contributed by atoms with van der Waals surface area (Å²) in [6.45, 7) is 1.60. The molecule has 2 aromatic carbocycles. The van der Waals surface area contributed by atoms with E-state index < -0.39 is 23.9 Å². The molecule has 0 fully saturated rings. The topological polar surface area (TPSA) is 85.2 Å². The highest BCUT2D eigenvalue weighted by Gasteiger charge is 2.33. The number of anilines is 1. The van der Waals surface area contributed by atoms with Crippen molar-refractivity contribution in [3.8, 4) is 0 Å². The van der Waals surface area contributed by atoms with E-state index in [2.05, 4.69) is 10.6 Å². The highest BCUT2D eigenvalue weighted by molar-refractivity contribution is 6.33. The van der Waals surface area contributed by atoms with Crippen LogP contribution in [0.2, 0.25) is 5.02 Å². The van der Waals surface area contributed by atoms with Crippen molar-refractivity contribution in [3.63, 3.8) is 0 Å². The van der Waals surface area contributed by atoms with Crippen molar-refractivity contribution < 1.29 is 23.1 Å². The van der Waals surface area contributed by atoms with Crippen LogP contribution in [-0.4, -0.2) is 35.6 Å². The largest absolute Gasteiger partial charge is 0.432 e. The fourth-order valence-corrected chi connectivity index (χ4v) is 2.45. The number of hydrogen-bond acceptors (Lipinski definition) is 4. The second-order valence-corrected chi connectivity index (χ2v) is 6.62. The van der Waals surface area contributed by atoms with E-state index in [1.54, 1.807) is 24.3 Å². The lowest BCUT2D eigenvalue weighted by Gasteiger charge is -2.15. The van der Waals surface area contributed by atoms with Crippen molar-refractivity contribution in [3.05, 3.63) is 70.8 Å². The highest BCUT2D eigenvalue weighted by atomic mass is 35.5. The lowest BCUT2D eigenvalue weighted by molar-refractivity contribution is -0.0583. The summed E-state index contributed by atoms with van der Waals surface area (Å²) in [4.78, 5) is 12.0. The number of nitrogens with one attached hydrogen (secondary N) is 3. The van der Waals surface area contributed by atoms with Crippen LogP contribution in [0, 0.1) is 5.41 Å². The fourth-order valence-electron chi connectivity index (χ4n) is 2.27. The van der Waals surface area contributed by atoms with Gasteiger partial charge in [0.1, 0.15) is 5.71 Å². The second kappa shape index (κ2) is 9.58. The first-order valence-electron chi connectivity index (χ1n) is 8.53. The molecule has 0 unspecified atom stereocenters. The van der Waals surface area contributed by atoms with Crippen molar-refractivity contribution in [2.75, 3.05) is 11.9 Å². The smallest absolute Gasteiger partial charge is 0.392 e. The van der Waals surface area contributed by atoms with Gasteiger partial charge in [-0.1, -0.05) is 35.9 Å². The molecule has 9 heteroatoms. The van der Waals surface area contributed by atoms with E-state index >= 15 is 0 Å². The average molecular weight is 426 g/mol. The van der Waals surface area contributed by atoms with Gasteiger partial charge < -0.3 is 15.7 Å². The number of carbonyl (C=O) groups is 1. The third kappa shape index (κ3) is 6.62. The van der Waals surface area contributed by atoms with E-state index in [1.807, 2.05) is 0 Å². The number of carbonyl (C=O) groups excluding carboxylic acids is 1. The predicted molar refractivity (Wildman–Crippen MR) is 107 cm³/mol. The molecule has 0 saturated carbocycles. The van der Waals surface area contributed by atoms with Gasteiger partial charge in [0.25, 0.3) is 5.91 Å². The van der Waals surface area contributed by atoms with Gasteiger partial charge in [-0.15, -0.1) is 0 Å². The van der Waals surface area contributed by atoms with Crippen LogP contribution in [-0.2, 0) is 0 Å². The summed E-state index contributed by atoms with van der Waals surface area (Å²) in [7, 11) is 0. The fraction of sp³-hybridized carbons (Fsp3) is 0.200. The molecule has 0 radical (unpaired) electrons. The Kier molecular flexibility index (Phi) is 7.41. The lowest BCUT2D eigenvalue weighted by atomic mass is 10.1. The molecule has 0 aromatic heterocycles. The summed E-state index contributed by atoms with van der Waals surface area (Å²) in [5, 5.41) is 22.1. The minimum absolute atomic E-state index is 0.00337. The van der Waals surface area contributed by atoms with Crippen LogP contribution in [0.1, 0.15) is 22.8 Å². The Balaban J connectivity index is 2.33. The zero-order chi connectivity index (χ0) is 21.6. The van der Waals surface area contributed by atoms with E-state index in [0.29, 0.717) is 22.3 Å². The molecule has 0 saturated heterocycles. The second-order valence-electron chi connectivity index (χ2n) is 6.21. The zero-order valence-corrected chi connectivity index (χ0v) is 16.1. The number of aliphatic hydroxyl groups is 1. The molecule has 29 heavy (non-hydrogen) atoms. The standard InChI is InChI=1S/C20H19ClF3N3O2/c1-12(28)11-26-19(29)14-8-6-13(7-9-14)17(10-18(25)20(22,23)24)27-16-5-3-2-4-15(16)21/h2-10,12,25,27-28H,11H2,1H3,(H,26,29)/b17-10-,25-18?/t12-/m1/s1. The van der Waals surface area contributed by atoms with Gasteiger partial charge in [-0.25, -0.2) is 0 Å². The average Bonchev–Trinajstić information content (AvgIpc) is 2.66. The molecule has 2 aromatic rings. The van der Waals surface area contributed by atoms with E-state index in [-0.39, 0.29) is 17.8 Å². The summed E-state index contributed by atoms with van der Waals surface area (Å²) in [5.74, 6) is -0.426. The molecule has 0 heterocycles. The minimum atomic E-state index is -4.81. The number of aliphatic hydroxyl groups excluding tert-OH is 1. The summed E-state index contributed by atoms with van der Waals surface area (Å²) in [5.41, 5.74) is -0.570. The first-order valence-corrected chi connectivity index (χ1v) is 8.91. The van der Waals surface area contributed by atoms with Gasteiger partial charge in [0.15, 0.2) is 0 Å². The van der Waals surface area contributed by atoms with E-state index in [9.17, 15) is 23.1 Å². The Morgan fingerprint density at radius 3 is 2.31 bits per heavy atom. The summed E-state index contributed by atoms with van der Waals surface area (Å²) in [6, 6.07) is 12.3. The van der Waals surface area contributed by atoms with Crippen LogP contribution in [0.15, 0.2) is 54.6 Å². The van der Waals surface area contributed by atoms with E-state index in [1.165, 1.54) is 31.2 Å². The summed E-state index contributed by atoms with van der Waals surface area (Å²) < 4.78 is 38.6. The molecular formula is C20H19ClF3N3O2. The number of para-hydroxylation sites is 1. The maximum atomic E-state index is 12.9. The van der Waals surface area contributed by atoms with Gasteiger partial charge in [0, 0.05) is 17.8 Å². The van der Waals surface area contributed by atoms with Gasteiger partial charge >= 0.3 is 6.18 Å². The first-order chi connectivity index (χ1) is 13.6. The van der Waals surface area contributed by atoms with Crippen molar-refractivity contribution in [2.24, 2.45) is 0 Å². The van der Waals surface area contributed by atoms with Crippen molar-refractivity contribution in [2.45, 2.75) is 19.2 Å². The number of allylic oxidation sites excluding steroid dienone is 1. The highest BCUT2D eigenvalue weighted by Crippen LogP contribution is 2.27. The summed E-state index contributed by atoms with van der Waals surface area (Å²) >= 11 is 6.07. The van der Waals surface area contributed by atoms with E-state index in [0.717, 1.165) is 0 Å². The number of benzene rings is 2. The molecule has 4 N–H and O–H groups in total. The molecule has 1 atom stereocenters. The zero-order valence-electron chi connectivity index (χ0n) is 15.3. The molecule has 0 aliphatic heterocycles. The van der Waals surface area contributed by atoms with Crippen LogP contribution in [0.25, 0.3) is 5.70 Å². The van der Waals surface area contributed by atoms with Gasteiger partial charge in [-0.05, 0) is 42.8 Å². The summed E-state index contributed by atoms with van der Waals surface area (Å²) in [6.07, 6.45) is -4.86. The third-order valence-corrected chi connectivity index (χ3v) is 4.08. The molecule has 1 amide bonds. The van der Waals surface area contributed by atoms with Gasteiger partial charge in [0.05, 0.1) is 16.8 Å². The maximum Gasteiger partial charge on any atom is 0.432 e. The van der Waals surface area contributed by atoms with Crippen LogP contribution < -0.4 is 10.6 Å². The van der Waals surface area contributed by atoms with E-state index in [4.69, 9.17) is 17.0 Å². The lowest BCUT2D eigenvalue weighted by Crippen LogP contribution is -2.30. The van der Waals surface area contributed by atoms with Crippen LogP contribution >= 0.6 is 11.6 Å². The molecule has 0 spiro atoms. The Morgan fingerprint density at radius 1 is 1.17 bits per heavy atom. The first kappa shape index (κ1) is 22.4. The number of hydrogen-bond donors (Lipinski definition) is 4. The van der Waals surface area contributed by atoms with Gasteiger partial charge in [-0.2, -0.15) is 13.2 Å². The van der Waals surface area contributed by atoms with Crippen LogP contribution in [0.3, 0.4) is 0 Å². The number of amides is 1. The number of rotatable bonds is 7. The van der Waals surface area contributed by atoms with Crippen LogP contribution in [0.4, 0.5) is 18.9 Å². The van der Waals surface area contributed by atoms with Gasteiger partial charge in [-0.3, -0.25) is 10.2 Å². The normalized spacial score (nSPS) is 13.0. The molecular weight excluding hydrogens is 407 g/mol. The molecule has 5 nitrogen and oxygen atoms in total. The predicted octanol–water partition coefficient (Wildman–Crippen LogP) is 4.49. The van der Waals surface area contributed by atoms with Crippen molar-refractivity contribution >= 4 is 34.6 Å². The Bertz CT molecular complexity index is 910. The third-order valence-electron chi connectivity index (χ3n) is 3.75. The molecule has 2 rings (SSSR count). The molecule has 0 aliphatic carbocycles. The molecule has 0 aliphatic rings. The quantitative estimate of drug-likeness (QED) is 0.493. The number of halogens is 4. The van der Waals surface area contributed by atoms with Crippen molar-refractivity contribution in [1.82, 2.24) is 5.32 Å². The minimum Gasteiger partial charge on any atom is -0.392 e. The monoisotopic (exact) mass is 425 g/mol. The Morgan fingerprint density at radius 2 is 1.76 bits per heavy atom. The van der Waals surface area contributed by atoms with Crippen LogP contribution in [0.5, 0.6) is 0 Å².